The van der Waals surface area contributed by atoms with Gasteiger partial charge in [0.15, 0.2) is 0 Å². The first-order valence-electron chi connectivity index (χ1n) is 9.38. The highest BCUT2D eigenvalue weighted by Gasteiger charge is 2.22. The van der Waals surface area contributed by atoms with Gasteiger partial charge in [0.2, 0.25) is 0 Å². The molecule has 1 aromatic carbocycles. The molecule has 1 aliphatic rings. The summed E-state index contributed by atoms with van der Waals surface area (Å²) in [5, 5.41) is 9.50. The lowest BCUT2D eigenvalue weighted by Gasteiger charge is -2.19. The van der Waals surface area contributed by atoms with Crippen LogP contribution in [0.15, 0.2) is 36.5 Å². The van der Waals surface area contributed by atoms with Gasteiger partial charge in [-0.15, -0.1) is 0 Å². The van der Waals surface area contributed by atoms with Crippen molar-refractivity contribution < 1.29 is 23.4 Å². The number of halogens is 2. The molecule has 0 fully saturated rings. The summed E-state index contributed by atoms with van der Waals surface area (Å²) in [6, 6.07) is 5.80. The molecule has 2 heterocycles. The Labute approximate surface area is 166 Å². The van der Waals surface area contributed by atoms with Gasteiger partial charge in [-0.3, -0.25) is 4.79 Å². The zero-order valence-corrected chi connectivity index (χ0v) is 15.8. The molecule has 7 heteroatoms. The number of benzene rings is 1. The maximum absolute atomic E-state index is 14.8. The summed E-state index contributed by atoms with van der Waals surface area (Å²) in [7, 11) is 1.45. The van der Waals surface area contributed by atoms with Crippen LogP contribution < -0.4 is 4.74 Å². The lowest BCUT2D eigenvalue weighted by Crippen LogP contribution is -2.10. The van der Waals surface area contributed by atoms with Gasteiger partial charge in [0.1, 0.15) is 23.0 Å². The summed E-state index contributed by atoms with van der Waals surface area (Å²) >= 11 is 0. The average Bonchev–Trinajstić information content (AvgIpc) is 3.12. The van der Waals surface area contributed by atoms with Crippen LogP contribution in [-0.4, -0.2) is 28.2 Å². The smallest absolute Gasteiger partial charge is 0.303 e. The van der Waals surface area contributed by atoms with Crippen molar-refractivity contribution in [3.63, 3.8) is 0 Å². The van der Waals surface area contributed by atoms with Gasteiger partial charge in [-0.05, 0) is 55.0 Å². The van der Waals surface area contributed by atoms with Crippen LogP contribution in [0.4, 0.5) is 8.78 Å². The Kier molecular flexibility index (Phi) is 5.05. The van der Waals surface area contributed by atoms with Crippen LogP contribution in [0.3, 0.4) is 0 Å². The van der Waals surface area contributed by atoms with E-state index < -0.39 is 17.6 Å². The number of carbonyl (C=O) groups is 1. The van der Waals surface area contributed by atoms with E-state index in [0.717, 1.165) is 30.3 Å². The molecule has 0 radical (unpaired) electrons. The maximum atomic E-state index is 14.8. The molecule has 1 atom stereocenters. The number of hydrogen-bond donors (Lipinski definition) is 2. The van der Waals surface area contributed by atoms with Crippen LogP contribution in [0.1, 0.15) is 31.4 Å². The summed E-state index contributed by atoms with van der Waals surface area (Å²) in [5.41, 5.74) is 2.90. The Balaban J connectivity index is 1.77. The number of nitrogens with one attached hydrogen (secondary N) is 1. The molecule has 150 valence electrons. The normalized spacial score (nSPS) is 16.7. The fourth-order valence-electron chi connectivity index (χ4n) is 3.94. The van der Waals surface area contributed by atoms with Gasteiger partial charge < -0.3 is 14.8 Å². The predicted octanol–water partition coefficient (Wildman–Crippen LogP) is 5.17. The van der Waals surface area contributed by atoms with E-state index in [1.165, 1.54) is 25.3 Å². The highest BCUT2D eigenvalue weighted by atomic mass is 19.1. The minimum absolute atomic E-state index is 0.128. The zero-order chi connectivity index (χ0) is 20.5. The van der Waals surface area contributed by atoms with E-state index in [9.17, 15) is 13.6 Å². The van der Waals surface area contributed by atoms with Gasteiger partial charge in [0, 0.05) is 28.6 Å². The van der Waals surface area contributed by atoms with Crippen LogP contribution >= 0.6 is 0 Å². The Hall–Kier alpha value is -3.22. The Morgan fingerprint density at radius 3 is 2.86 bits per heavy atom. The van der Waals surface area contributed by atoms with Crippen molar-refractivity contribution in [3.8, 4) is 16.9 Å². The molecular weight excluding hydrogens is 378 g/mol. The van der Waals surface area contributed by atoms with Crippen molar-refractivity contribution in [2.24, 2.45) is 5.92 Å². The van der Waals surface area contributed by atoms with Crippen molar-refractivity contribution in [1.29, 1.82) is 0 Å². The summed E-state index contributed by atoms with van der Waals surface area (Å²) in [6.07, 6.45) is 5.49. The molecule has 1 aliphatic carbocycles. The summed E-state index contributed by atoms with van der Waals surface area (Å²) in [4.78, 5) is 18.3. The van der Waals surface area contributed by atoms with E-state index in [2.05, 4.69) is 9.97 Å². The molecule has 4 rings (SSSR count). The predicted molar refractivity (Wildman–Crippen MR) is 106 cm³/mol. The minimum Gasteiger partial charge on any atom is -0.496 e. The third-order valence-electron chi connectivity index (χ3n) is 5.37. The number of aromatic amines is 1. The largest absolute Gasteiger partial charge is 0.496 e. The number of rotatable bonds is 5. The van der Waals surface area contributed by atoms with E-state index >= 15 is 0 Å². The number of ether oxygens (including phenoxy) is 1. The molecule has 0 bridgehead atoms. The molecule has 0 amide bonds. The number of methoxy groups -OCH3 is 1. The lowest BCUT2D eigenvalue weighted by molar-refractivity contribution is -0.138. The molecule has 3 aromatic rings. The topological polar surface area (TPSA) is 75.2 Å². The molecule has 0 saturated carbocycles. The number of allylic oxidation sites excluding steroid dienone is 2. The quantitative estimate of drug-likeness (QED) is 0.621. The van der Waals surface area contributed by atoms with Gasteiger partial charge >= 0.3 is 5.97 Å². The van der Waals surface area contributed by atoms with E-state index in [1.807, 2.05) is 12.1 Å². The number of carboxylic acid groups (broad SMARTS) is 1. The number of nitrogens with zero attached hydrogens (tertiary/aromatic N) is 1. The average molecular weight is 398 g/mol. The van der Waals surface area contributed by atoms with Crippen molar-refractivity contribution in [2.45, 2.75) is 25.7 Å². The number of aliphatic carboxylic acids is 1. The third-order valence-corrected chi connectivity index (χ3v) is 5.37. The molecule has 0 aliphatic heterocycles. The molecule has 29 heavy (non-hydrogen) atoms. The van der Waals surface area contributed by atoms with Crippen LogP contribution in [0.5, 0.6) is 5.75 Å². The molecule has 2 aromatic heterocycles. The summed E-state index contributed by atoms with van der Waals surface area (Å²) in [5.74, 6) is -1.34. The standard InChI is InChI=1S/C22H20F2N2O3/c1-29-19-7-6-14(23)9-15(19)21-16-10-18(26-22(16)25-11-17(21)24)13-4-2-12(3-5-13)8-20(27)28/h4,6-7,9-12H,2-3,5,8H2,1H3,(H,25,26)(H,27,28). The number of aromatic nitrogens is 2. The van der Waals surface area contributed by atoms with Gasteiger partial charge in [0.25, 0.3) is 0 Å². The van der Waals surface area contributed by atoms with E-state index in [4.69, 9.17) is 9.84 Å². The minimum atomic E-state index is -0.786. The SMILES string of the molecule is COc1ccc(F)cc1-c1c(F)cnc2[nH]c(C3=CCC(CC(=O)O)CC3)cc12. The van der Waals surface area contributed by atoms with Gasteiger partial charge in [0.05, 0.1) is 13.3 Å². The number of carboxylic acids is 1. The van der Waals surface area contributed by atoms with Crippen LogP contribution in [-0.2, 0) is 4.79 Å². The molecule has 1 unspecified atom stereocenters. The van der Waals surface area contributed by atoms with E-state index in [-0.39, 0.29) is 17.9 Å². The molecule has 2 N–H and O–H groups in total. The highest BCUT2D eigenvalue weighted by molar-refractivity contribution is 5.97. The zero-order valence-electron chi connectivity index (χ0n) is 15.8. The second-order valence-electron chi connectivity index (χ2n) is 7.24. The van der Waals surface area contributed by atoms with Crippen molar-refractivity contribution in [1.82, 2.24) is 9.97 Å². The van der Waals surface area contributed by atoms with Crippen LogP contribution in [0, 0.1) is 17.6 Å². The third kappa shape index (κ3) is 3.72. The lowest BCUT2D eigenvalue weighted by atomic mass is 9.86. The number of hydrogen-bond acceptors (Lipinski definition) is 3. The monoisotopic (exact) mass is 398 g/mol. The maximum Gasteiger partial charge on any atom is 0.303 e. The number of H-pyrrole nitrogens is 1. The highest BCUT2D eigenvalue weighted by Crippen LogP contribution is 2.39. The summed E-state index contributed by atoms with van der Waals surface area (Å²) in [6.45, 7) is 0. The Morgan fingerprint density at radius 1 is 1.34 bits per heavy atom. The van der Waals surface area contributed by atoms with Crippen LogP contribution in [0.25, 0.3) is 27.7 Å². The fourth-order valence-corrected chi connectivity index (χ4v) is 3.94. The van der Waals surface area contributed by atoms with Crippen molar-refractivity contribution >= 4 is 22.6 Å². The summed E-state index contributed by atoms with van der Waals surface area (Å²) < 4.78 is 33.9. The van der Waals surface area contributed by atoms with E-state index in [1.54, 1.807) is 0 Å². The Bertz CT molecular complexity index is 1120. The van der Waals surface area contributed by atoms with Crippen molar-refractivity contribution in [2.75, 3.05) is 7.11 Å². The first kappa shape index (κ1) is 19.1. The fraction of sp³-hybridized carbons (Fsp3) is 0.273. The first-order valence-corrected chi connectivity index (χ1v) is 9.38. The first-order chi connectivity index (χ1) is 14.0. The van der Waals surface area contributed by atoms with Gasteiger partial charge in [-0.25, -0.2) is 13.8 Å². The second-order valence-corrected chi connectivity index (χ2v) is 7.24. The van der Waals surface area contributed by atoms with E-state index in [0.29, 0.717) is 28.8 Å². The number of fused-ring (bicyclic) bond motifs is 1. The molecule has 0 spiro atoms. The molecule has 5 nitrogen and oxygen atoms in total. The van der Waals surface area contributed by atoms with Gasteiger partial charge in [-0.2, -0.15) is 0 Å². The Morgan fingerprint density at radius 2 is 2.17 bits per heavy atom. The number of pyridine rings is 1. The molecular formula is C22H20F2N2O3. The van der Waals surface area contributed by atoms with Crippen molar-refractivity contribution in [3.05, 3.63) is 53.9 Å². The van der Waals surface area contributed by atoms with Gasteiger partial charge in [-0.1, -0.05) is 6.08 Å². The molecule has 0 saturated heterocycles. The second kappa shape index (κ2) is 7.66. The van der Waals surface area contributed by atoms with Crippen LogP contribution in [0.2, 0.25) is 0 Å².